The molecule has 2 aromatic heterocycles. The predicted molar refractivity (Wildman–Crippen MR) is 71.8 cm³/mol. The minimum Gasteiger partial charge on any atom is -0.310 e. The molecule has 2 aromatic rings. The summed E-state index contributed by atoms with van der Waals surface area (Å²) in [6, 6.07) is 0. The second-order valence-corrected chi connectivity index (χ2v) is 5.64. The van der Waals surface area contributed by atoms with Crippen molar-refractivity contribution in [3.05, 3.63) is 17.1 Å². The highest BCUT2D eigenvalue weighted by atomic mass is 15.3. The molecule has 0 fully saturated rings. The molecule has 0 bridgehead atoms. The third-order valence-corrected chi connectivity index (χ3v) is 4.38. The zero-order chi connectivity index (χ0) is 12.7. The number of aromatic amines is 1. The Morgan fingerprint density at radius 2 is 1.79 bits per heavy atom. The normalized spacial score (nSPS) is 18.7. The number of rotatable bonds is 1. The highest BCUT2D eigenvalue weighted by molar-refractivity contribution is 5.57. The summed E-state index contributed by atoms with van der Waals surface area (Å²) in [5.74, 6) is 2.12. The van der Waals surface area contributed by atoms with Crippen molar-refractivity contribution in [1.82, 2.24) is 25.0 Å². The van der Waals surface area contributed by atoms with Gasteiger partial charge in [0.15, 0.2) is 5.82 Å². The van der Waals surface area contributed by atoms with Crippen molar-refractivity contribution in [3.8, 4) is 11.5 Å². The molecule has 0 aromatic carbocycles. The fourth-order valence-corrected chi connectivity index (χ4v) is 3.33. The van der Waals surface area contributed by atoms with Gasteiger partial charge in [0.2, 0.25) is 0 Å². The third kappa shape index (κ3) is 1.79. The van der Waals surface area contributed by atoms with Gasteiger partial charge in [-0.3, -0.25) is 5.10 Å². The fraction of sp³-hybridized carbons (Fsp3) is 0.643. The second-order valence-electron chi connectivity index (χ2n) is 5.64. The molecule has 100 valence electrons. The van der Waals surface area contributed by atoms with Gasteiger partial charge < -0.3 is 4.57 Å². The van der Waals surface area contributed by atoms with E-state index in [1.165, 1.54) is 43.4 Å². The van der Waals surface area contributed by atoms with Crippen LogP contribution in [0.5, 0.6) is 0 Å². The van der Waals surface area contributed by atoms with Crippen molar-refractivity contribution < 1.29 is 0 Å². The van der Waals surface area contributed by atoms with Crippen LogP contribution in [0.25, 0.3) is 11.5 Å². The first-order valence-electron chi connectivity index (χ1n) is 7.42. The van der Waals surface area contributed by atoms with Crippen LogP contribution in [0.1, 0.15) is 49.2 Å². The van der Waals surface area contributed by atoms with E-state index in [0.717, 1.165) is 43.1 Å². The van der Waals surface area contributed by atoms with E-state index in [1.807, 2.05) is 0 Å². The quantitative estimate of drug-likeness (QED) is 0.852. The van der Waals surface area contributed by atoms with Crippen LogP contribution in [0.3, 0.4) is 0 Å². The second kappa shape index (κ2) is 4.47. The van der Waals surface area contributed by atoms with Gasteiger partial charge in [-0.25, -0.2) is 0 Å². The first kappa shape index (κ1) is 11.2. The molecule has 5 heteroatoms. The van der Waals surface area contributed by atoms with Crippen LogP contribution in [0.15, 0.2) is 0 Å². The maximum atomic E-state index is 4.53. The highest BCUT2D eigenvalue weighted by Crippen LogP contribution is 2.29. The lowest BCUT2D eigenvalue weighted by Gasteiger charge is -2.11. The highest BCUT2D eigenvalue weighted by Gasteiger charge is 2.23. The van der Waals surface area contributed by atoms with Gasteiger partial charge in [-0.15, -0.1) is 10.2 Å². The van der Waals surface area contributed by atoms with Gasteiger partial charge in [-0.05, 0) is 38.5 Å². The molecular formula is C14H19N5. The van der Waals surface area contributed by atoms with Gasteiger partial charge in [0.05, 0.1) is 0 Å². The number of nitrogens with zero attached hydrogens (tertiary/aromatic N) is 4. The molecular weight excluding hydrogens is 238 g/mol. The first-order chi connectivity index (χ1) is 9.43. The lowest BCUT2D eigenvalue weighted by Crippen LogP contribution is -2.06. The summed E-state index contributed by atoms with van der Waals surface area (Å²) in [6.07, 6.45) is 9.60. The van der Waals surface area contributed by atoms with E-state index in [9.17, 15) is 0 Å². The minimum atomic E-state index is 0.983. The topological polar surface area (TPSA) is 59.4 Å². The minimum absolute atomic E-state index is 0.983. The number of hydrogen-bond donors (Lipinski definition) is 1. The molecule has 1 aliphatic heterocycles. The summed E-state index contributed by atoms with van der Waals surface area (Å²) in [4.78, 5) is 0. The standard InChI is InChI=1S/C14H19N5/c1-2-8-12-16-18-14(19(12)9-5-1)13-10-6-3-4-7-11(10)15-17-13/h1-9H2,(H,15,17). The van der Waals surface area contributed by atoms with E-state index in [2.05, 4.69) is 25.0 Å². The number of fused-ring (bicyclic) bond motifs is 2. The van der Waals surface area contributed by atoms with Crippen LogP contribution in [0, 0.1) is 0 Å². The summed E-state index contributed by atoms with van der Waals surface area (Å²) < 4.78 is 2.29. The Morgan fingerprint density at radius 1 is 0.895 bits per heavy atom. The van der Waals surface area contributed by atoms with Crippen molar-refractivity contribution in [2.45, 2.75) is 57.9 Å². The van der Waals surface area contributed by atoms with Crippen LogP contribution in [-0.4, -0.2) is 25.0 Å². The first-order valence-corrected chi connectivity index (χ1v) is 7.42. The smallest absolute Gasteiger partial charge is 0.184 e. The maximum Gasteiger partial charge on any atom is 0.184 e. The van der Waals surface area contributed by atoms with Crippen LogP contribution < -0.4 is 0 Å². The Morgan fingerprint density at radius 3 is 2.79 bits per heavy atom. The number of nitrogens with one attached hydrogen (secondary N) is 1. The van der Waals surface area contributed by atoms with Crippen LogP contribution in [0.4, 0.5) is 0 Å². The molecule has 0 saturated heterocycles. The number of aromatic nitrogens is 5. The third-order valence-electron chi connectivity index (χ3n) is 4.38. The molecule has 0 spiro atoms. The Bertz CT molecular complexity index is 595. The molecule has 1 aliphatic carbocycles. The van der Waals surface area contributed by atoms with Gasteiger partial charge in [0, 0.05) is 24.2 Å². The van der Waals surface area contributed by atoms with Gasteiger partial charge >= 0.3 is 0 Å². The molecule has 0 radical (unpaired) electrons. The van der Waals surface area contributed by atoms with Crippen LogP contribution in [-0.2, 0) is 25.8 Å². The average Bonchev–Trinajstić information content (AvgIpc) is 2.96. The van der Waals surface area contributed by atoms with Crippen molar-refractivity contribution in [2.75, 3.05) is 0 Å². The molecule has 5 nitrogen and oxygen atoms in total. The van der Waals surface area contributed by atoms with Gasteiger partial charge in [0.1, 0.15) is 11.5 Å². The molecule has 0 atom stereocenters. The van der Waals surface area contributed by atoms with Gasteiger partial charge in [-0.2, -0.15) is 5.10 Å². The average molecular weight is 257 g/mol. The molecule has 1 N–H and O–H groups in total. The number of aryl methyl sites for hydroxylation is 2. The zero-order valence-corrected chi connectivity index (χ0v) is 11.2. The Balaban J connectivity index is 1.80. The summed E-state index contributed by atoms with van der Waals surface area (Å²) in [6.45, 7) is 1.04. The largest absolute Gasteiger partial charge is 0.310 e. The number of H-pyrrole nitrogens is 1. The van der Waals surface area contributed by atoms with E-state index in [-0.39, 0.29) is 0 Å². The van der Waals surface area contributed by atoms with Crippen molar-refractivity contribution >= 4 is 0 Å². The van der Waals surface area contributed by atoms with Gasteiger partial charge in [0.25, 0.3) is 0 Å². The molecule has 0 saturated carbocycles. The van der Waals surface area contributed by atoms with E-state index in [0.29, 0.717) is 0 Å². The SMILES string of the molecule is C1CCc2nnc(-c3n[nH]c4c3CCCC4)n2CC1. The van der Waals surface area contributed by atoms with E-state index in [1.54, 1.807) is 0 Å². The van der Waals surface area contributed by atoms with E-state index >= 15 is 0 Å². The molecule has 0 amide bonds. The molecule has 0 unspecified atom stereocenters. The lowest BCUT2D eigenvalue weighted by molar-refractivity contribution is 0.635. The number of hydrogen-bond acceptors (Lipinski definition) is 3. The Kier molecular flexibility index (Phi) is 2.64. The van der Waals surface area contributed by atoms with Gasteiger partial charge in [-0.1, -0.05) is 6.42 Å². The van der Waals surface area contributed by atoms with E-state index in [4.69, 9.17) is 0 Å². The molecule has 3 heterocycles. The van der Waals surface area contributed by atoms with Crippen molar-refractivity contribution in [3.63, 3.8) is 0 Å². The molecule has 19 heavy (non-hydrogen) atoms. The maximum absolute atomic E-state index is 4.53. The van der Waals surface area contributed by atoms with Crippen molar-refractivity contribution in [2.24, 2.45) is 0 Å². The van der Waals surface area contributed by atoms with Crippen molar-refractivity contribution in [1.29, 1.82) is 0 Å². The zero-order valence-electron chi connectivity index (χ0n) is 11.2. The molecule has 4 rings (SSSR count). The summed E-state index contributed by atoms with van der Waals surface area (Å²) in [5, 5.41) is 16.5. The van der Waals surface area contributed by atoms with E-state index < -0.39 is 0 Å². The van der Waals surface area contributed by atoms with Crippen LogP contribution in [0.2, 0.25) is 0 Å². The van der Waals surface area contributed by atoms with Crippen LogP contribution >= 0.6 is 0 Å². The lowest BCUT2D eigenvalue weighted by atomic mass is 9.96. The predicted octanol–water partition coefficient (Wildman–Crippen LogP) is 2.27. The summed E-state index contributed by atoms with van der Waals surface area (Å²) >= 11 is 0. The molecule has 2 aliphatic rings. The fourth-order valence-electron chi connectivity index (χ4n) is 3.33. The Labute approximate surface area is 112 Å². The summed E-state index contributed by atoms with van der Waals surface area (Å²) in [5.41, 5.74) is 3.74. The Hall–Kier alpha value is -1.65. The monoisotopic (exact) mass is 257 g/mol. The summed E-state index contributed by atoms with van der Waals surface area (Å²) in [7, 11) is 0.